The van der Waals surface area contributed by atoms with Crippen molar-refractivity contribution in [2.24, 2.45) is 0 Å². The SMILES string of the molecule is CCC(=O)c1ccc(O)c2cc(OC)ccc12. The van der Waals surface area contributed by atoms with Gasteiger partial charge >= 0.3 is 0 Å². The normalized spacial score (nSPS) is 10.5. The zero-order valence-electron chi connectivity index (χ0n) is 9.86. The number of methoxy groups -OCH3 is 1. The highest BCUT2D eigenvalue weighted by Crippen LogP contribution is 2.31. The zero-order valence-corrected chi connectivity index (χ0v) is 9.86. The van der Waals surface area contributed by atoms with E-state index in [-0.39, 0.29) is 11.5 Å². The third-order valence-electron chi connectivity index (χ3n) is 2.82. The fourth-order valence-electron chi connectivity index (χ4n) is 1.87. The maximum atomic E-state index is 11.8. The number of phenols is 1. The van der Waals surface area contributed by atoms with Crippen LogP contribution in [0.5, 0.6) is 11.5 Å². The van der Waals surface area contributed by atoms with Gasteiger partial charge in [-0.05, 0) is 35.7 Å². The number of hydrogen-bond donors (Lipinski definition) is 1. The Kier molecular flexibility index (Phi) is 3.00. The fourth-order valence-corrected chi connectivity index (χ4v) is 1.87. The summed E-state index contributed by atoms with van der Waals surface area (Å²) in [4.78, 5) is 11.8. The Morgan fingerprint density at radius 1 is 1.24 bits per heavy atom. The summed E-state index contributed by atoms with van der Waals surface area (Å²) >= 11 is 0. The van der Waals surface area contributed by atoms with Crippen LogP contribution in [-0.4, -0.2) is 18.0 Å². The summed E-state index contributed by atoms with van der Waals surface area (Å²) < 4.78 is 5.11. The number of ketones is 1. The Bertz CT molecular complexity index is 573. The molecular weight excluding hydrogens is 216 g/mol. The van der Waals surface area contributed by atoms with Gasteiger partial charge in [0.1, 0.15) is 11.5 Å². The molecule has 1 N–H and O–H groups in total. The largest absolute Gasteiger partial charge is 0.507 e. The third kappa shape index (κ3) is 1.96. The Labute approximate surface area is 99.6 Å². The van der Waals surface area contributed by atoms with Gasteiger partial charge < -0.3 is 9.84 Å². The molecule has 0 atom stereocenters. The molecule has 0 aromatic heterocycles. The van der Waals surface area contributed by atoms with E-state index in [1.54, 1.807) is 37.4 Å². The number of fused-ring (bicyclic) bond motifs is 1. The second-order valence-electron chi connectivity index (χ2n) is 3.82. The second kappa shape index (κ2) is 4.45. The van der Waals surface area contributed by atoms with E-state index in [1.165, 1.54) is 0 Å². The zero-order chi connectivity index (χ0) is 12.4. The molecule has 0 saturated carbocycles. The van der Waals surface area contributed by atoms with Crippen molar-refractivity contribution in [3.05, 3.63) is 35.9 Å². The van der Waals surface area contributed by atoms with Gasteiger partial charge in [0.15, 0.2) is 5.78 Å². The Morgan fingerprint density at radius 2 is 2.00 bits per heavy atom. The van der Waals surface area contributed by atoms with Crippen molar-refractivity contribution in [2.45, 2.75) is 13.3 Å². The third-order valence-corrected chi connectivity index (χ3v) is 2.82. The summed E-state index contributed by atoms with van der Waals surface area (Å²) in [6.45, 7) is 1.82. The van der Waals surface area contributed by atoms with Crippen LogP contribution >= 0.6 is 0 Å². The van der Waals surface area contributed by atoms with Crippen LogP contribution in [0.1, 0.15) is 23.7 Å². The van der Waals surface area contributed by atoms with Crippen molar-refractivity contribution in [3.63, 3.8) is 0 Å². The number of carbonyl (C=O) groups is 1. The molecule has 0 amide bonds. The Morgan fingerprint density at radius 3 is 2.65 bits per heavy atom. The van der Waals surface area contributed by atoms with Crippen molar-refractivity contribution >= 4 is 16.6 Å². The molecule has 2 aromatic carbocycles. The average Bonchev–Trinajstić information content (AvgIpc) is 2.38. The van der Waals surface area contributed by atoms with Gasteiger partial charge in [0, 0.05) is 17.4 Å². The van der Waals surface area contributed by atoms with E-state index in [9.17, 15) is 9.90 Å². The van der Waals surface area contributed by atoms with Gasteiger partial charge in [-0.25, -0.2) is 0 Å². The van der Waals surface area contributed by atoms with Crippen molar-refractivity contribution in [2.75, 3.05) is 7.11 Å². The topological polar surface area (TPSA) is 46.5 Å². The van der Waals surface area contributed by atoms with E-state index in [4.69, 9.17) is 4.74 Å². The minimum Gasteiger partial charge on any atom is -0.507 e. The van der Waals surface area contributed by atoms with Gasteiger partial charge in [0.2, 0.25) is 0 Å². The number of phenolic OH excluding ortho intramolecular Hbond substituents is 1. The molecule has 0 heterocycles. The second-order valence-corrected chi connectivity index (χ2v) is 3.82. The molecule has 0 unspecified atom stereocenters. The molecule has 88 valence electrons. The summed E-state index contributed by atoms with van der Waals surface area (Å²) in [5.74, 6) is 0.889. The van der Waals surface area contributed by atoms with E-state index in [1.807, 2.05) is 6.92 Å². The van der Waals surface area contributed by atoms with Crippen molar-refractivity contribution in [3.8, 4) is 11.5 Å². The first kappa shape index (κ1) is 11.5. The minimum atomic E-state index is 0.0696. The van der Waals surface area contributed by atoms with Gasteiger partial charge in [0.05, 0.1) is 7.11 Å². The molecule has 3 heteroatoms. The molecular formula is C14H14O3. The van der Waals surface area contributed by atoms with E-state index in [0.29, 0.717) is 23.1 Å². The predicted octanol–water partition coefficient (Wildman–Crippen LogP) is 3.15. The van der Waals surface area contributed by atoms with E-state index < -0.39 is 0 Å². The maximum Gasteiger partial charge on any atom is 0.163 e. The van der Waals surface area contributed by atoms with Gasteiger partial charge in [-0.1, -0.05) is 6.92 Å². The van der Waals surface area contributed by atoms with E-state index in [0.717, 1.165) is 5.39 Å². The molecule has 0 aliphatic rings. The predicted molar refractivity (Wildman–Crippen MR) is 66.8 cm³/mol. The Balaban J connectivity index is 2.73. The lowest BCUT2D eigenvalue weighted by atomic mass is 9.99. The molecule has 0 aliphatic heterocycles. The van der Waals surface area contributed by atoms with Crippen LogP contribution in [0.4, 0.5) is 0 Å². The highest BCUT2D eigenvalue weighted by atomic mass is 16.5. The highest BCUT2D eigenvalue weighted by Gasteiger charge is 2.11. The summed E-state index contributed by atoms with van der Waals surface area (Å²) in [6.07, 6.45) is 0.450. The van der Waals surface area contributed by atoms with Gasteiger partial charge in [-0.3, -0.25) is 4.79 Å². The van der Waals surface area contributed by atoms with Crippen molar-refractivity contribution < 1.29 is 14.6 Å². The number of benzene rings is 2. The van der Waals surface area contributed by atoms with Crippen LogP contribution in [0.15, 0.2) is 30.3 Å². The molecule has 0 spiro atoms. The minimum absolute atomic E-state index is 0.0696. The fraction of sp³-hybridized carbons (Fsp3) is 0.214. The lowest BCUT2D eigenvalue weighted by molar-refractivity contribution is 0.0990. The molecule has 2 rings (SSSR count). The lowest BCUT2D eigenvalue weighted by Gasteiger charge is -2.08. The molecule has 3 nitrogen and oxygen atoms in total. The van der Waals surface area contributed by atoms with Crippen molar-refractivity contribution in [1.29, 1.82) is 0 Å². The van der Waals surface area contributed by atoms with E-state index >= 15 is 0 Å². The number of rotatable bonds is 3. The molecule has 17 heavy (non-hydrogen) atoms. The monoisotopic (exact) mass is 230 g/mol. The number of hydrogen-bond acceptors (Lipinski definition) is 3. The Hall–Kier alpha value is -2.03. The van der Waals surface area contributed by atoms with Crippen LogP contribution < -0.4 is 4.74 Å². The summed E-state index contributed by atoms with van der Waals surface area (Å²) in [7, 11) is 1.57. The maximum absolute atomic E-state index is 11.8. The molecule has 0 saturated heterocycles. The standard InChI is InChI=1S/C14H14O3/c1-3-13(15)11-6-7-14(16)12-8-9(17-2)4-5-10(11)12/h4-8,16H,3H2,1-2H3. The van der Waals surface area contributed by atoms with Crippen LogP contribution in [0.25, 0.3) is 10.8 Å². The summed E-state index contributed by atoms with van der Waals surface area (Å²) in [6, 6.07) is 8.53. The van der Waals surface area contributed by atoms with Gasteiger partial charge in [0.25, 0.3) is 0 Å². The van der Waals surface area contributed by atoms with Gasteiger partial charge in [-0.2, -0.15) is 0 Å². The lowest BCUT2D eigenvalue weighted by Crippen LogP contribution is -1.97. The van der Waals surface area contributed by atoms with Crippen LogP contribution in [-0.2, 0) is 0 Å². The van der Waals surface area contributed by atoms with Crippen LogP contribution in [0, 0.1) is 0 Å². The van der Waals surface area contributed by atoms with Gasteiger partial charge in [-0.15, -0.1) is 0 Å². The highest BCUT2D eigenvalue weighted by molar-refractivity contribution is 6.09. The molecule has 2 aromatic rings. The molecule has 0 fully saturated rings. The first-order chi connectivity index (χ1) is 8.17. The first-order valence-electron chi connectivity index (χ1n) is 5.50. The summed E-state index contributed by atoms with van der Waals surface area (Å²) in [5.41, 5.74) is 0.642. The number of carbonyl (C=O) groups excluding carboxylic acids is 1. The number of Topliss-reactive ketones (excluding diaryl/α,β-unsaturated/α-hetero) is 1. The van der Waals surface area contributed by atoms with E-state index in [2.05, 4.69) is 0 Å². The quantitative estimate of drug-likeness (QED) is 0.824. The summed E-state index contributed by atoms with van der Waals surface area (Å²) in [5, 5.41) is 11.2. The smallest absolute Gasteiger partial charge is 0.163 e. The van der Waals surface area contributed by atoms with Crippen LogP contribution in [0.2, 0.25) is 0 Å². The molecule has 0 radical (unpaired) electrons. The first-order valence-corrected chi connectivity index (χ1v) is 5.50. The number of aromatic hydroxyl groups is 1. The number of ether oxygens (including phenoxy) is 1. The van der Waals surface area contributed by atoms with Crippen LogP contribution in [0.3, 0.4) is 0 Å². The average molecular weight is 230 g/mol. The molecule has 0 bridgehead atoms. The molecule has 0 aliphatic carbocycles. The van der Waals surface area contributed by atoms with Crippen molar-refractivity contribution in [1.82, 2.24) is 0 Å².